The van der Waals surface area contributed by atoms with Crippen molar-refractivity contribution >= 4 is 23.2 Å². The van der Waals surface area contributed by atoms with E-state index >= 15 is 0 Å². The van der Waals surface area contributed by atoms with Crippen LogP contribution >= 0.6 is 11.6 Å². The third kappa shape index (κ3) is 2.43. The molecule has 0 fully saturated rings. The highest BCUT2D eigenvalue weighted by Gasteiger charge is 2.22. The van der Waals surface area contributed by atoms with Gasteiger partial charge >= 0.3 is 0 Å². The Labute approximate surface area is 127 Å². The molecule has 1 amide bonds. The molecule has 4 nitrogen and oxygen atoms in total. The van der Waals surface area contributed by atoms with Crippen molar-refractivity contribution < 1.29 is 27.4 Å². The number of hydrogen-bond acceptors (Lipinski definition) is 3. The molecule has 0 saturated carbocycles. The van der Waals surface area contributed by atoms with Crippen molar-refractivity contribution in [2.75, 3.05) is 12.1 Å². The van der Waals surface area contributed by atoms with Crippen LogP contribution in [0.25, 0.3) is 0 Å². The minimum atomic E-state index is -1.67. The molecule has 0 spiro atoms. The molecule has 2 aromatic carbocycles. The van der Waals surface area contributed by atoms with Gasteiger partial charge in [0, 0.05) is 5.56 Å². The molecule has 2 aromatic rings. The van der Waals surface area contributed by atoms with Gasteiger partial charge in [0.05, 0.1) is 10.7 Å². The van der Waals surface area contributed by atoms with Crippen LogP contribution < -0.4 is 14.8 Å². The molecule has 0 bridgehead atoms. The second-order valence-corrected chi connectivity index (χ2v) is 4.78. The van der Waals surface area contributed by atoms with Crippen LogP contribution in [0.4, 0.5) is 18.9 Å². The van der Waals surface area contributed by atoms with Gasteiger partial charge in [-0.15, -0.1) is 0 Å². The lowest BCUT2D eigenvalue weighted by molar-refractivity contribution is 0.102. The Morgan fingerprint density at radius 1 is 1.14 bits per heavy atom. The molecule has 0 unspecified atom stereocenters. The maximum Gasteiger partial charge on any atom is 0.255 e. The third-order valence-electron chi connectivity index (χ3n) is 2.97. The smallest absolute Gasteiger partial charge is 0.255 e. The van der Waals surface area contributed by atoms with E-state index in [1.54, 1.807) is 0 Å². The predicted octanol–water partition coefficient (Wildman–Crippen LogP) is 3.74. The Hall–Kier alpha value is -2.41. The number of carbonyl (C=O) groups is 1. The van der Waals surface area contributed by atoms with E-state index in [0.29, 0.717) is 11.8 Å². The van der Waals surface area contributed by atoms with Crippen LogP contribution in [0.5, 0.6) is 11.5 Å². The van der Waals surface area contributed by atoms with Crippen molar-refractivity contribution in [1.29, 1.82) is 0 Å². The van der Waals surface area contributed by atoms with E-state index in [4.69, 9.17) is 21.1 Å². The molecule has 0 saturated heterocycles. The van der Waals surface area contributed by atoms with Crippen molar-refractivity contribution in [1.82, 2.24) is 0 Å². The summed E-state index contributed by atoms with van der Waals surface area (Å²) in [6.07, 6.45) is 0. The summed E-state index contributed by atoms with van der Waals surface area (Å²) >= 11 is 5.93. The Balaban J connectivity index is 1.90. The lowest BCUT2D eigenvalue weighted by atomic mass is 10.1. The molecule has 8 heteroatoms. The fourth-order valence-corrected chi connectivity index (χ4v) is 2.18. The number of carbonyl (C=O) groups excluding carboxylic acids is 1. The SMILES string of the molecule is O=C(Nc1ccc(F)c(F)c1F)c1cc(Cl)c2c(c1)OCO2. The summed E-state index contributed by atoms with van der Waals surface area (Å²) in [6, 6.07) is 4.27. The number of fused-ring (bicyclic) bond motifs is 1. The molecule has 1 aliphatic rings. The van der Waals surface area contributed by atoms with Gasteiger partial charge in [0.2, 0.25) is 6.79 Å². The minimum Gasteiger partial charge on any atom is -0.454 e. The van der Waals surface area contributed by atoms with Crippen LogP contribution in [0.3, 0.4) is 0 Å². The van der Waals surface area contributed by atoms with Gasteiger partial charge in [-0.05, 0) is 24.3 Å². The van der Waals surface area contributed by atoms with Crippen molar-refractivity contribution in [3.63, 3.8) is 0 Å². The van der Waals surface area contributed by atoms with E-state index in [1.165, 1.54) is 12.1 Å². The average molecular weight is 330 g/mol. The number of amides is 1. The van der Waals surface area contributed by atoms with Crippen molar-refractivity contribution in [3.05, 3.63) is 52.3 Å². The second-order valence-electron chi connectivity index (χ2n) is 4.37. The molecule has 22 heavy (non-hydrogen) atoms. The normalized spacial score (nSPS) is 12.4. The molecule has 0 atom stereocenters. The summed E-state index contributed by atoms with van der Waals surface area (Å²) in [4.78, 5) is 12.1. The van der Waals surface area contributed by atoms with Crippen LogP contribution in [-0.2, 0) is 0 Å². The minimum absolute atomic E-state index is 0.0298. The summed E-state index contributed by atoms with van der Waals surface area (Å²) in [6.45, 7) is -0.0298. The summed E-state index contributed by atoms with van der Waals surface area (Å²) < 4.78 is 49.7. The zero-order valence-corrected chi connectivity index (χ0v) is 11.5. The number of hydrogen-bond donors (Lipinski definition) is 1. The van der Waals surface area contributed by atoms with E-state index in [9.17, 15) is 18.0 Å². The van der Waals surface area contributed by atoms with Crippen LogP contribution in [0.2, 0.25) is 5.02 Å². The number of halogens is 4. The van der Waals surface area contributed by atoms with E-state index < -0.39 is 29.0 Å². The second kappa shape index (κ2) is 5.42. The topological polar surface area (TPSA) is 47.6 Å². The van der Waals surface area contributed by atoms with Crippen LogP contribution in [-0.4, -0.2) is 12.7 Å². The summed E-state index contributed by atoms with van der Waals surface area (Å²) in [5.41, 5.74) is -0.434. The molecule has 1 aliphatic heterocycles. The molecular formula is C14H7ClF3NO3. The highest BCUT2D eigenvalue weighted by molar-refractivity contribution is 6.32. The zero-order chi connectivity index (χ0) is 15.9. The predicted molar refractivity (Wildman–Crippen MR) is 71.8 cm³/mol. The molecule has 3 rings (SSSR count). The first-order valence-electron chi connectivity index (χ1n) is 6.01. The fraction of sp³-hybridized carbons (Fsp3) is 0.0714. The maximum atomic E-state index is 13.5. The highest BCUT2D eigenvalue weighted by Crippen LogP contribution is 2.39. The van der Waals surface area contributed by atoms with E-state index in [-0.39, 0.29) is 23.1 Å². The quantitative estimate of drug-likeness (QED) is 0.854. The fourth-order valence-electron chi connectivity index (χ4n) is 1.92. The monoisotopic (exact) mass is 329 g/mol. The Morgan fingerprint density at radius 2 is 1.91 bits per heavy atom. The summed E-state index contributed by atoms with van der Waals surface area (Å²) in [5, 5.41) is 2.28. The van der Waals surface area contributed by atoms with E-state index in [2.05, 4.69) is 5.32 Å². The van der Waals surface area contributed by atoms with Gasteiger partial charge in [-0.1, -0.05) is 11.6 Å². The molecule has 0 aromatic heterocycles. The average Bonchev–Trinajstić information content (AvgIpc) is 2.97. The van der Waals surface area contributed by atoms with Crippen molar-refractivity contribution in [2.45, 2.75) is 0 Å². The number of rotatable bonds is 2. The van der Waals surface area contributed by atoms with Crippen LogP contribution in [0.15, 0.2) is 24.3 Å². The lowest BCUT2D eigenvalue weighted by Crippen LogP contribution is -2.14. The standard InChI is InChI=1S/C14H7ClF3NO3/c15-7-3-6(4-10-13(7)22-5-21-10)14(20)19-9-2-1-8(16)11(17)12(9)18/h1-4H,5H2,(H,19,20). The number of benzene rings is 2. The first-order valence-corrected chi connectivity index (χ1v) is 6.39. The number of nitrogens with one attached hydrogen (secondary N) is 1. The lowest BCUT2D eigenvalue weighted by Gasteiger charge is -2.08. The first kappa shape index (κ1) is 14.5. The molecule has 0 aliphatic carbocycles. The molecule has 114 valence electrons. The first-order chi connectivity index (χ1) is 10.5. The Kier molecular flexibility index (Phi) is 3.58. The Morgan fingerprint density at radius 3 is 2.68 bits per heavy atom. The van der Waals surface area contributed by atoms with E-state index in [1.807, 2.05) is 0 Å². The van der Waals surface area contributed by atoms with Crippen LogP contribution in [0, 0.1) is 17.5 Å². The maximum absolute atomic E-state index is 13.5. The van der Waals surface area contributed by atoms with Gasteiger partial charge in [-0.25, -0.2) is 13.2 Å². The third-order valence-corrected chi connectivity index (χ3v) is 3.25. The molecule has 1 N–H and O–H groups in total. The van der Waals surface area contributed by atoms with E-state index in [0.717, 1.165) is 6.07 Å². The molecule has 1 heterocycles. The zero-order valence-electron chi connectivity index (χ0n) is 10.8. The summed E-state index contributed by atoms with van der Waals surface area (Å²) in [7, 11) is 0. The van der Waals surface area contributed by atoms with Gasteiger partial charge in [0.15, 0.2) is 29.0 Å². The largest absolute Gasteiger partial charge is 0.454 e. The van der Waals surface area contributed by atoms with Gasteiger partial charge in [0.25, 0.3) is 5.91 Å². The van der Waals surface area contributed by atoms with Gasteiger partial charge in [-0.3, -0.25) is 4.79 Å². The Bertz CT molecular complexity index is 782. The molecule has 0 radical (unpaired) electrons. The number of ether oxygens (including phenoxy) is 2. The highest BCUT2D eigenvalue weighted by atomic mass is 35.5. The van der Waals surface area contributed by atoms with Crippen molar-refractivity contribution in [2.24, 2.45) is 0 Å². The van der Waals surface area contributed by atoms with Crippen LogP contribution in [0.1, 0.15) is 10.4 Å². The van der Waals surface area contributed by atoms with Gasteiger partial charge in [0.1, 0.15) is 0 Å². The summed E-state index contributed by atoms with van der Waals surface area (Å²) in [5.74, 6) is -4.69. The van der Waals surface area contributed by atoms with Gasteiger partial charge < -0.3 is 14.8 Å². The number of anilines is 1. The van der Waals surface area contributed by atoms with Crippen molar-refractivity contribution in [3.8, 4) is 11.5 Å². The van der Waals surface area contributed by atoms with Gasteiger partial charge in [-0.2, -0.15) is 0 Å². The molecular weight excluding hydrogens is 323 g/mol.